The zero-order valence-corrected chi connectivity index (χ0v) is 14.9. The lowest BCUT2D eigenvalue weighted by Crippen LogP contribution is -2.41. The van der Waals surface area contributed by atoms with Crippen LogP contribution in [0.25, 0.3) is 0 Å². The van der Waals surface area contributed by atoms with Crippen molar-refractivity contribution >= 4 is 7.92 Å². The molecule has 0 heterocycles. The van der Waals surface area contributed by atoms with Gasteiger partial charge in [-0.05, 0) is 24.6 Å². The van der Waals surface area contributed by atoms with Gasteiger partial charge in [-0.2, -0.15) is 22.0 Å². The first-order valence-corrected chi connectivity index (χ1v) is 9.86. The van der Waals surface area contributed by atoms with E-state index in [9.17, 15) is 26.3 Å². The van der Waals surface area contributed by atoms with Crippen molar-refractivity contribution in [2.45, 2.75) is 69.6 Å². The van der Waals surface area contributed by atoms with Crippen molar-refractivity contribution in [3.63, 3.8) is 0 Å². The molecule has 0 amide bonds. The van der Waals surface area contributed by atoms with Crippen molar-refractivity contribution < 1.29 is 26.3 Å². The van der Waals surface area contributed by atoms with Crippen LogP contribution in [0.4, 0.5) is 26.3 Å². The summed E-state index contributed by atoms with van der Waals surface area (Å²) in [5.74, 6) is 0.0608. The molecule has 0 aromatic rings. The second-order valence-electron chi connectivity index (χ2n) is 6.21. The predicted molar refractivity (Wildman–Crippen MR) is 87.4 cm³/mol. The zero-order chi connectivity index (χ0) is 18.4. The van der Waals surface area contributed by atoms with Crippen molar-refractivity contribution in [3.05, 3.63) is 24.3 Å². The van der Waals surface area contributed by atoms with E-state index in [4.69, 9.17) is 0 Å². The van der Waals surface area contributed by atoms with Crippen LogP contribution < -0.4 is 0 Å². The summed E-state index contributed by atoms with van der Waals surface area (Å²) in [4.78, 5) is 0. The molecule has 140 valence electrons. The molecule has 0 spiro atoms. The smallest absolute Gasteiger partial charge is 0.234 e. The summed E-state index contributed by atoms with van der Waals surface area (Å²) in [6, 6.07) is 0. The first kappa shape index (κ1) is 21.5. The molecule has 0 radical (unpaired) electrons. The summed E-state index contributed by atoms with van der Waals surface area (Å²) in [6.07, 6.45) is 1.84. The SMILES string of the molecule is CCCCC(CC)CCP(C1(F)C=CC=CC1)C(F)(F)C(F)(F)F. The van der Waals surface area contributed by atoms with Gasteiger partial charge in [0.25, 0.3) is 0 Å². The molecule has 1 aliphatic rings. The maximum absolute atomic E-state index is 15.0. The Labute approximate surface area is 141 Å². The third-order valence-electron chi connectivity index (χ3n) is 4.44. The largest absolute Gasteiger partial charge is 0.457 e. The van der Waals surface area contributed by atoms with Crippen molar-refractivity contribution in [2.75, 3.05) is 6.16 Å². The molecule has 0 fully saturated rings. The van der Waals surface area contributed by atoms with E-state index in [1.54, 1.807) is 0 Å². The number of halogens is 6. The molecule has 1 aliphatic carbocycles. The van der Waals surface area contributed by atoms with E-state index >= 15 is 0 Å². The van der Waals surface area contributed by atoms with Gasteiger partial charge < -0.3 is 0 Å². The van der Waals surface area contributed by atoms with E-state index in [1.807, 2.05) is 13.8 Å². The quantitative estimate of drug-likeness (QED) is 0.291. The van der Waals surface area contributed by atoms with Crippen molar-refractivity contribution in [1.82, 2.24) is 0 Å². The summed E-state index contributed by atoms with van der Waals surface area (Å²) in [7, 11) is -3.21. The Hall–Kier alpha value is -0.510. The number of hydrogen-bond donors (Lipinski definition) is 0. The maximum atomic E-state index is 15.0. The molecular formula is C17H25F6P. The van der Waals surface area contributed by atoms with Crippen molar-refractivity contribution in [1.29, 1.82) is 0 Å². The van der Waals surface area contributed by atoms with Gasteiger partial charge >= 0.3 is 11.8 Å². The Morgan fingerprint density at radius 3 is 2.21 bits per heavy atom. The fraction of sp³-hybridized carbons (Fsp3) is 0.765. The van der Waals surface area contributed by atoms with Crippen LogP contribution in [0.1, 0.15) is 52.4 Å². The fourth-order valence-electron chi connectivity index (χ4n) is 2.85. The van der Waals surface area contributed by atoms with Gasteiger partial charge in [-0.25, -0.2) is 4.39 Å². The topological polar surface area (TPSA) is 0 Å². The Kier molecular flexibility index (Phi) is 7.83. The van der Waals surface area contributed by atoms with Crippen LogP contribution in [-0.4, -0.2) is 23.4 Å². The number of rotatable bonds is 9. The first-order valence-electron chi connectivity index (χ1n) is 8.34. The molecule has 0 saturated heterocycles. The fourth-order valence-corrected chi connectivity index (χ4v) is 5.49. The average Bonchev–Trinajstić information content (AvgIpc) is 2.49. The van der Waals surface area contributed by atoms with E-state index < -0.39 is 37.8 Å². The van der Waals surface area contributed by atoms with Gasteiger partial charge in [-0.15, -0.1) is 0 Å². The Balaban J connectivity index is 2.98. The number of hydrogen-bond acceptors (Lipinski definition) is 0. The van der Waals surface area contributed by atoms with Gasteiger partial charge in [0.2, 0.25) is 0 Å². The van der Waals surface area contributed by atoms with E-state index in [0.717, 1.165) is 25.3 Å². The van der Waals surface area contributed by atoms with Crippen molar-refractivity contribution in [2.24, 2.45) is 5.92 Å². The van der Waals surface area contributed by atoms with Crippen LogP contribution >= 0.6 is 7.92 Å². The lowest BCUT2D eigenvalue weighted by Gasteiger charge is -2.38. The minimum absolute atomic E-state index is 0.0608. The van der Waals surface area contributed by atoms with E-state index in [1.165, 1.54) is 18.2 Å². The second kappa shape index (κ2) is 8.73. The first-order chi connectivity index (χ1) is 11.1. The van der Waals surface area contributed by atoms with E-state index in [-0.39, 0.29) is 12.3 Å². The summed E-state index contributed by atoms with van der Waals surface area (Å²) in [5, 5.41) is -2.61. The normalized spacial score (nSPS) is 24.2. The Morgan fingerprint density at radius 1 is 1.08 bits per heavy atom. The average molecular weight is 374 g/mol. The lowest BCUT2D eigenvalue weighted by atomic mass is 9.97. The molecule has 0 aromatic carbocycles. The molecule has 24 heavy (non-hydrogen) atoms. The summed E-state index contributed by atoms with van der Waals surface area (Å²) >= 11 is 0. The molecule has 0 bridgehead atoms. The van der Waals surface area contributed by atoms with E-state index in [2.05, 4.69) is 0 Å². The Bertz CT molecular complexity index is 443. The lowest BCUT2D eigenvalue weighted by molar-refractivity contribution is -0.241. The van der Waals surface area contributed by atoms with Gasteiger partial charge in [-0.3, -0.25) is 0 Å². The highest BCUT2D eigenvalue weighted by atomic mass is 31.1. The van der Waals surface area contributed by atoms with Gasteiger partial charge in [0.05, 0.1) is 0 Å². The molecule has 1 rings (SSSR count). The third kappa shape index (κ3) is 5.24. The third-order valence-corrected chi connectivity index (χ3v) is 7.30. The molecule has 3 atom stereocenters. The van der Waals surface area contributed by atoms with Crippen LogP contribution in [0.3, 0.4) is 0 Å². The summed E-state index contributed by atoms with van der Waals surface area (Å²) < 4.78 is 81.7. The molecule has 0 N–H and O–H groups in total. The standard InChI is InChI=1S/C17H25F6P/c1-3-5-9-14(4-2)10-13-24(17(22,23)16(19,20)21)15(18)11-7-6-8-12-15/h6-8,11,14H,3-5,9-10,12-13H2,1-2H3. The summed E-state index contributed by atoms with van der Waals surface area (Å²) in [6.45, 7) is 3.88. The molecule has 3 unspecified atom stereocenters. The maximum Gasteiger partial charge on any atom is 0.457 e. The molecule has 0 nitrogen and oxygen atoms in total. The van der Waals surface area contributed by atoms with Gasteiger partial charge in [0.1, 0.15) is 0 Å². The number of unbranched alkanes of at least 4 members (excludes halogenated alkanes) is 1. The second-order valence-corrected chi connectivity index (χ2v) is 8.81. The molecule has 0 aliphatic heterocycles. The van der Waals surface area contributed by atoms with Gasteiger partial charge in [-0.1, -0.05) is 57.8 Å². The Morgan fingerprint density at radius 2 is 1.75 bits per heavy atom. The number of allylic oxidation sites excluding steroid dienone is 4. The number of alkyl halides is 6. The molecule has 7 heteroatoms. The van der Waals surface area contributed by atoms with Crippen LogP contribution in [0, 0.1) is 5.92 Å². The minimum Gasteiger partial charge on any atom is -0.234 e. The highest BCUT2D eigenvalue weighted by molar-refractivity contribution is 7.60. The molecular weight excluding hydrogens is 349 g/mol. The van der Waals surface area contributed by atoms with E-state index in [0.29, 0.717) is 6.42 Å². The highest BCUT2D eigenvalue weighted by Gasteiger charge is 2.66. The van der Waals surface area contributed by atoms with Crippen LogP contribution in [0.5, 0.6) is 0 Å². The van der Waals surface area contributed by atoms with Gasteiger partial charge in [0.15, 0.2) is 5.41 Å². The van der Waals surface area contributed by atoms with Crippen LogP contribution in [0.15, 0.2) is 24.3 Å². The highest BCUT2D eigenvalue weighted by Crippen LogP contribution is 2.69. The monoisotopic (exact) mass is 374 g/mol. The summed E-state index contributed by atoms with van der Waals surface area (Å²) in [5.41, 5.74) is -4.99. The minimum atomic E-state index is -5.72. The van der Waals surface area contributed by atoms with Gasteiger partial charge in [0, 0.05) is 14.3 Å². The molecule has 0 aromatic heterocycles. The molecule has 0 saturated carbocycles. The zero-order valence-electron chi connectivity index (χ0n) is 14.1. The van der Waals surface area contributed by atoms with Crippen LogP contribution in [0.2, 0.25) is 0 Å². The predicted octanol–water partition coefficient (Wildman–Crippen LogP) is 7.41. The van der Waals surface area contributed by atoms with Crippen molar-refractivity contribution in [3.8, 4) is 0 Å². The van der Waals surface area contributed by atoms with Crippen LogP contribution in [-0.2, 0) is 0 Å².